The number of nitrogens with zero attached hydrogens (tertiary/aromatic N) is 1. The number of aromatic nitrogens is 1. The summed E-state index contributed by atoms with van der Waals surface area (Å²) in [6.45, 7) is 5.29. The lowest BCUT2D eigenvalue weighted by atomic mass is 10.2. The van der Waals surface area contributed by atoms with Gasteiger partial charge in [-0.2, -0.15) is 0 Å². The summed E-state index contributed by atoms with van der Waals surface area (Å²) in [5.41, 5.74) is 0.965. The first-order valence-electron chi connectivity index (χ1n) is 6.08. The van der Waals surface area contributed by atoms with Crippen molar-refractivity contribution in [1.82, 2.24) is 10.3 Å². The minimum atomic E-state index is 0.636. The molecule has 1 saturated carbocycles. The summed E-state index contributed by atoms with van der Waals surface area (Å²) in [6.07, 6.45) is 5.68. The molecule has 1 fully saturated rings. The van der Waals surface area contributed by atoms with Crippen LogP contribution in [0.1, 0.15) is 31.9 Å². The molecule has 1 atom stereocenters. The van der Waals surface area contributed by atoms with Gasteiger partial charge in [0.05, 0.1) is 5.69 Å². The summed E-state index contributed by atoms with van der Waals surface area (Å²) in [5, 5.41) is 4.43. The normalized spacial score (nSPS) is 17.6. The second-order valence-electron chi connectivity index (χ2n) is 4.46. The van der Waals surface area contributed by atoms with Crippen molar-refractivity contribution in [2.24, 2.45) is 5.92 Å². The molecule has 90 valence electrons. The quantitative estimate of drug-likeness (QED) is 0.744. The second kappa shape index (κ2) is 5.73. The minimum Gasteiger partial charge on any atom is -0.440 e. The molecular weight excluding hydrogens is 220 g/mol. The molecule has 2 rings (SSSR count). The van der Waals surface area contributed by atoms with Crippen LogP contribution in [0.5, 0.6) is 0 Å². The van der Waals surface area contributed by atoms with Gasteiger partial charge in [-0.1, -0.05) is 18.7 Å². The SMILES string of the molecule is CCCNC(CSc1nc(C)co1)C1CC1. The smallest absolute Gasteiger partial charge is 0.255 e. The van der Waals surface area contributed by atoms with E-state index in [1.54, 1.807) is 18.0 Å². The van der Waals surface area contributed by atoms with Gasteiger partial charge in [0.2, 0.25) is 0 Å². The van der Waals surface area contributed by atoms with Gasteiger partial charge in [0, 0.05) is 11.8 Å². The van der Waals surface area contributed by atoms with Crippen LogP contribution in [0.2, 0.25) is 0 Å². The molecule has 0 amide bonds. The molecule has 1 aromatic rings. The number of thioether (sulfide) groups is 1. The molecule has 1 aliphatic carbocycles. The standard InChI is InChI=1S/C12H20N2OS/c1-3-6-13-11(10-4-5-10)8-16-12-14-9(2)7-15-12/h7,10-11,13H,3-6,8H2,1-2H3. The highest BCUT2D eigenvalue weighted by atomic mass is 32.2. The van der Waals surface area contributed by atoms with E-state index in [2.05, 4.69) is 17.2 Å². The van der Waals surface area contributed by atoms with E-state index in [4.69, 9.17) is 4.42 Å². The van der Waals surface area contributed by atoms with E-state index >= 15 is 0 Å². The molecule has 0 aromatic carbocycles. The molecular formula is C12H20N2OS. The third-order valence-corrected chi connectivity index (χ3v) is 3.79. The molecule has 1 heterocycles. The van der Waals surface area contributed by atoms with Gasteiger partial charge in [-0.3, -0.25) is 0 Å². The van der Waals surface area contributed by atoms with Gasteiger partial charge in [-0.05, 0) is 38.6 Å². The highest BCUT2D eigenvalue weighted by Crippen LogP contribution is 2.35. The fraction of sp³-hybridized carbons (Fsp3) is 0.750. The monoisotopic (exact) mass is 240 g/mol. The predicted octanol–water partition coefficient (Wildman–Crippen LogP) is 2.85. The van der Waals surface area contributed by atoms with Crippen molar-refractivity contribution in [2.45, 2.75) is 44.4 Å². The highest BCUT2D eigenvalue weighted by molar-refractivity contribution is 7.99. The molecule has 0 spiro atoms. The molecule has 16 heavy (non-hydrogen) atoms. The van der Waals surface area contributed by atoms with Crippen LogP contribution in [0.4, 0.5) is 0 Å². The number of hydrogen-bond donors (Lipinski definition) is 1. The van der Waals surface area contributed by atoms with Crippen molar-refractivity contribution >= 4 is 11.8 Å². The molecule has 4 heteroatoms. The summed E-state index contributed by atoms with van der Waals surface area (Å²) >= 11 is 1.73. The van der Waals surface area contributed by atoms with Crippen LogP contribution >= 0.6 is 11.8 Å². The molecule has 0 saturated heterocycles. The molecule has 0 aliphatic heterocycles. The lowest BCUT2D eigenvalue weighted by Crippen LogP contribution is -2.33. The zero-order chi connectivity index (χ0) is 11.4. The Labute approximate surface area is 101 Å². The van der Waals surface area contributed by atoms with Gasteiger partial charge in [-0.15, -0.1) is 0 Å². The van der Waals surface area contributed by atoms with Gasteiger partial charge in [-0.25, -0.2) is 4.98 Å². The Morgan fingerprint density at radius 2 is 2.44 bits per heavy atom. The Morgan fingerprint density at radius 3 is 3.00 bits per heavy atom. The van der Waals surface area contributed by atoms with E-state index < -0.39 is 0 Å². The largest absolute Gasteiger partial charge is 0.440 e. The maximum Gasteiger partial charge on any atom is 0.255 e. The number of rotatable bonds is 7. The van der Waals surface area contributed by atoms with E-state index in [0.717, 1.165) is 29.1 Å². The van der Waals surface area contributed by atoms with E-state index in [9.17, 15) is 0 Å². The average molecular weight is 240 g/mol. The van der Waals surface area contributed by atoms with E-state index in [1.165, 1.54) is 19.3 Å². The van der Waals surface area contributed by atoms with Crippen LogP contribution < -0.4 is 5.32 Å². The lowest BCUT2D eigenvalue weighted by molar-refractivity contribution is 0.450. The Hall–Kier alpha value is -0.480. The van der Waals surface area contributed by atoms with Crippen molar-refractivity contribution in [1.29, 1.82) is 0 Å². The summed E-state index contributed by atoms with van der Waals surface area (Å²) in [4.78, 5) is 4.31. The third kappa shape index (κ3) is 3.52. The molecule has 1 aliphatic rings. The zero-order valence-electron chi connectivity index (χ0n) is 10.0. The first-order chi connectivity index (χ1) is 7.79. The Morgan fingerprint density at radius 1 is 1.62 bits per heavy atom. The lowest BCUT2D eigenvalue weighted by Gasteiger charge is -2.16. The topological polar surface area (TPSA) is 38.1 Å². The maximum absolute atomic E-state index is 5.34. The van der Waals surface area contributed by atoms with Crippen LogP contribution in [-0.2, 0) is 0 Å². The molecule has 1 unspecified atom stereocenters. The van der Waals surface area contributed by atoms with Crippen LogP contribution in [0, 0.1) is 12.8 Å². The molecule has 0 radical (unpaired) electrons. The van der Waals surface area contributed by atoms with Crippen molar-refractivity contribution in [3.8, 4) is 0 Å². The predicted molar refractivity (Wildman–Crippen MR) is 66.8 cm³/mol. The van der Waals surface area contributed by atoms with Crippen molar-refractivity contribution in [3.63, 3.8) is 0 Å². The van der Waals surface area contributed by atoms with E-state index in [-0.39, 0.29) is 0 Å². The van der Waals surface area contributed by atoms with E-state index in [1.807, 2.05) is 6.92 Å². The fourth-order valence-electron chi connectivity index (χ4n) is 1.75. The van der Waals surface area contributed by atoms with Crippen molar-refractivity contribution < 1.29 is 4.42 Å². The summed E-state index contributed by atoms with van der Waals surface area (Å²) in [7, 11) is 0. The van der Waals surface area contributed by atoms with E-state index in [0.29, 0.717) is 6.04 Å². The van der Waals surface area contributed by atoms with Crippen molar-refractivity contribution in [2.75, 3.05) is 12.3 Å². The van der Waals surface area contributed by atoms with Crippen molar-refractivity contribution in [3.05, 3.63) is 12.0 Å². The van der Waals surface area contributed by atoms with Crippen LogP contribution in [0.15, 0.2) is 15.9 Å². The second-order valence-corrected chi connectivity index (χ2v) is 5.44. The maximum atomic E-state index is 5.34. The number of oxazole rings is 1. The van der Waals surface area contributed by atoms with Gasteiger partial charge >= 0.3 is 0 Å². The first-order valence-corrected chi connectivity index (χ1v) is 7.06. The van der Waals surface area contributed by atoms with Crippen LogP contribution in [0.3, 0.4) is 0 Å². The summed E-state index contributed by atoms with van der Waals surface area (Å²) < 4.78 is 5.34. The Kier molecular flexibility index (Phi) is 4.29. The fourth-order valence-corrected chi connectivity index (χ4v) is 2.79. The molecule has 1 aromatic heterocycles. The Balaban J connectivity index is 1.77. The summed E-state index contributed by atoms with van der Waals surface area (Å²) in [5.74, 6) is 1.96. The molecule has 1 N–H and O–H groups in total. The van der Waals surface area contributed by atoms with Gasteiger partial charge in [0.15, 0.2) is 0 Å². The van der Waals surface area contributed by atoms with Gasteiger partial charge in [0.1, 0.15) is 6.26 Å². The zero-order valence-corrected chi connectivity index (χ0v) is 10.8. The summed E-state index contributed by atoms with van der Waals surface area (Å²) in [6, 6.07) is 0.636. The van der Waals surface area contributed by atoms with Crippen LogP contribution in [-0.4, -0.2) is 23.3 Å². The average Bonchev–Trinajstić information content (AvgIpc) is 3.03. The Bertz CT molecular complexity index is 323. The number of aryl methyl sites for hydroxylation is 1. The number of nitrogens with one attached hydrogen (secondary N) is 1. The van der Waals surface area contributed by atoms with Gasteiger partial charge in [0.25, 0.3) is 5.22 Å². The number of hydrogen-bond acceptors (Lipinski definition) is 4. The van der Waals surface area contributed by atoms with Crippen LogP contribution in [0.25, 0.3) is 0 Å². The first kappa shape index (κ1) is 12.0. The van der Waals surface area contributed by atoms with Gasteiger partial charge < -0.3 is 9.73 Å². The third-order valence-electron chi connectivity index (χ3n) is 2.83. The molecule has 3 nitrogen and oxygen atoms in total. The highest BCUT2D eigenvalue weighted by Gasteiger charge is 2.30. The minimum absolute atomic E-state index is 0.636. The molecule has 0 bridgehead atoms.